The number of nitrogens with zero attached hydrogens (tertiary/aromatic N) is 3. The fourth-order valence-corrected chi connectivity index (χ4v) is 2.19. The Kier molecular flexibility index (Phi) is 4.83. The summed E-state index contributed by atoms with van der Waals surface area (Å²) in [6, 6.07) is 14.5. The number of rotatable bonds is 2. The number of benzene rings is 2. The van der Waals surface area contributed by atoms with Crippen LogP contribution in [0, 0.1) is 0 Å². The molecule has 0 fully saturated rings. The molecule has 0 aliphatic rings. The zero-order valence-corrected chi connectivity index (χ0v) is 13.3. The van der Waals surface area contributed by atoms with Crippen molar-refractivity contribution in [1.82, 2.24) is 9.78 Å². The van der Waals surface area contributed by atoms with E-state index in [1.807, 2.05) is 30.3 Å². The highest BCUT2D eigenvalue weighted by atomic mass is 19.4. The first-order valence-corrected chi connectivity index (χ1v) is 7.55. The molecule has 2 aromatic carbocycles. The quantitative estimate of drug-likeness (QED) is 0.752. The van der Waals surface area contributed by atoms with Crippen molar-refractivity contribution in [2.45, 2.75) is 6.18 Å². The molecule has 8 heteroatoms. The molecule has 0 saturated carbocycles. The Morgan fingerprint density at radius 2 is 1.81 bits per heavy atom. The van der Waals surface area contributed by atoms with Crippen molar-refractivity contribution in [2.75, 3.05) is 5.32 Å². The Morgan fingerprint density at radius 1 is 1.04 bits per heavy atom. The number of nitrogens with one attached hydrogen (secondary N) is 1. The van der Waals surface area contributed by atoms with Crippen LogP contribution in [0.4, 0.5) is 23.7 Å². The number of amides is 2. The summed E-state index contributed by atoms with van der Waals surface area (Å²) >= 11 is 0. The Morgan fingerprint density at radius 3 is 2.46 bits per heavy atom. The molecular formula is C18H13F3N4O. The Labute approximate surface area is 146 Å². The van der Waals surface area contributed by atoms with Gasteiger partial charge in [-0.25, -0.2) is 9.48 Å². The largest absolute Gasteiger partial charge is 0.416 e. The minimum absolute atomic E-state index is 0.0109. The van der Waals surface area contributed by atoms with Crippen LogP contribution in [-0.2, 0) is 6.18 Å². The molecule has 1 aromatic heterocycles. The van der Waals surface area contributed by atoms with E-state index in [1.165, 1.54) is 18.3 Å². The van der Waals surface area contributed by atoms with E-state index in [0.29, 0.717) is 0 Å². The topological polar surface area (TPSA) is 59.3 Å². The first-order valence-electron chi connectivity index (χ1n) is 7.55. The molecule has 3 aromatic rings. The molecular weight excluding hydrogens is 345 g/mol. The van der Waals surface area contributed by atoms with E-state index in [4.69, 9.17) is 0 Å². The average molecular weight is 358 g/mol. The van der Waals surface area contributed by atoms with E-state index in [9.17, 15) is 18.0 Å². The average Bonchev–Trinajstić information content (AvgIpc) is 2.62. The number of carbonyl (C=O) groups is 1. The second-order valence-corrected chi connectivity index (χ2v) is 5.29. The number of hydrogen-bond donors (Lipinski definition) is 1. The summed E-state index contributed by atoms with van der Waals surface area (Å²) in [5, 5.41) is 6.74. The van der Waals surface area contributed by atoms with E-state index < -0.39 is 17.8 Å². The molecule has 132 valence electrons. The number of para-hydroxylation sites is 1. The van der Waals surface area contributed by atoms with Crippen molar-refractivity contribution in [2.24, 2.45) is 4.99 Å². The van der Waals surface area contributed by atoms with Gasteiger partial charge < -0.3 is 5.32 Å². The first kappa shape index (κ1) is 17.4. The van der Waals surface area contributed by atoms with Crippen LogP contribution in [0.1, 0.15) is 5.56 Å². The van der Waals surface area contributed by atoms with E-state index >= 15 is 0 Å². The predicted molar refractivity (Wildman–Crippen MR) is 89.6 cm³/mol. The lowest BCUT2D eigenvalue weighted by Gasteiger charge is -2.08. The lowest BCUT2D eigenvalue weighted by atomic mass is 10.2. The van der Waals surface area contributed by atoms with Crippen LogP contribution < -0.4 is 10.7 Å². The Bertz CT molecular complexity index is 961. The van der Waals surface area contributed by atoms with Crippen molar-refractivity contribution >= 4 is 11.7 Å². The van der Waals surface area contributed by atoms with E-state index in [0.717, 1.165) is 17.8 Å². The highest BCUT2D eigenvalue weighted by Gasteiger charge is 2.30. The van der Waals surface area contributed by atoms with Gasteiger partial charge in [0.15, 0.2) is 0 Å². The Hall–Kier alpha value is -3.42. The molecule has 0 unspecified atom stereocenters. The minimum Gasteiger partial charge on any atom is -0.306 e. The number of aromatic nitrogens is 2. The number of anilines is 1. The van der Waals surface area contributed by atoms with Gasteiger partial charge in [-0.15, -0.1) is 0 Å². The van der Waals surface area contributed by atoms with Crippen LogP contribution >= 0.6 is 0 Å². The number of alkyl halides is 3. The molecule has 0 aliphatic heterocycles. The second-order valence-electron chi connectivity index (χ2n) is 5.29. The number of hydrogen-bond acceptors (Lipinski definition) is 2. The molecule has 5 nitrogen and oxygen atoms in total. The zero-order valence-electron chi connectivity index (χ0n) is 13.3. The third kappa shape index (κ3) is 4.35. The van der Waals surface area contributed by atoms with Crippen LogP contribution in [0.15, 0.2) is 78.0 Å². The van der Waals surface area contributed by atoms with Gasteiger partial charge in [-0.1, -0.05) is 24.3 Å². The highest BCUT2D eigenvalue weighted by Crippen LogP contribution is 2.30. The Balaban J connectivity index is 1.75. The van der Waals surface area contributed by atoms with E-state index in [1.54, 1.807) is 16.9 Å². The van der Waals surface area contributed by atoms with Gasteiger partial charge in [-0.05, 0) is 36.4 Å². The molecule has 2 amide bonds. The number of urea groups is 1. The standard InChI is InChI=1S/C18H13F3N4O/c19-18(20,21)13-5-4-6-14(11-13)23-17(26)24-15-9-10-25(22-12-15)16-7-2-1-3-8-16/h1-12H,(H,23,26). The summed E-state index contributed by atoms with van der Waals surface area (Å²) in [4.78, 5) is 15.7. The molecule has 0 radical (unpaired) electrons. The summed E-state index contributed by atoms with van der Waals surface area (Å²) < 4.78 is 39.7. The first-order chi connectivity index (χ1) is 12.4. The van der Waals surface area contributed by atoms with Gasteiger partial charge in [0.25, 0.3) is 0 Å². The molecule has 0 spiro atoms. The normalized spacial score (nSPS) is 12.0. The van der Waals surface area contributed by atoms with Gasteiger partial charge in [-0.3, -0.25) is 0 Å². The van der Waals surface area contributed by atoms with Gasteiger partial charge in [0.05, 0.1) is 22.8 Å². The van der Waals surface area contributed by atoms with Gasteiger partial charge in [0.2, 0.25) is 0 Å². The molecule has 3 rings (SSSR count). The van der Waals surface area contributed by atoms with Gasteiger partial charge in [0, 0.05) is 11.9 Å². The fourth-order valence-electron chi connectivity index (χ4n) is 2.19. The van der Waals surface area contributed by atoms with Crippen molar-refractivity contribution in [1.29, 1.82) is 0 Å². The van der Waals surface area contributed by atoms with E-state index in [-0.39, 0.29) is 11.0 Å². The third-order valence-electron chi connectivity index (χ3n) is 3.39. The summed E-state index contributed by atoms with van der Waals surface area (Å²) in [6.07, 6.45) is -1.46. The molecule has 26 heavy (non-hydrogen) atoms. The second kappa shape index (κ2) is 7.22. The molecule has 0 saturated heterocycles. The highest BCUT2D eigenvalue weighted by molar-refractivity contribution is 5.90. The number of carbonyl (C=O) groups excluding carboxylic acids is 1. The van der Waals surface area contributed by atoms with Gasteiger partial charge in [-0.2, -0.15) is 23.3 Å². The maximum atomic E-state index is 12.7. The minimum atomic E-state index is -4.48. The summed E-state index contributed by atoms with van der Waals surface area (Å²) in [5.41, 5.74) is 0.00450. The fraction of sp³-hybridized carbons (Fsp3) is 0.0556. The van der Waals surface area contributed by atoms with Crippen LogP contribution in [0.5, 0.6) is 0 Å². The van der Waals surface area contributed by atoms with Crippen molar-refractivity contribution in [3.8, 4) is 5.69 Å². The lowest BCUT2D eigenvalue weighted by molar-refractivity contribution is -0.137. The summed E-state index contributed by atoms with van der Waals surface area (Å²) in [6.45, 7) is 0. The molecule has 0 atom stereocenters. The SMILES string of the molecule is O=C(N=c1ccn(-c2ccccc2)nc1)Nc1cccc(C(F)(F)F)c1. The van der Waals surface area contributed by atoms with Crippen LogP contribution in [0.3, 0.4) is 0 Å². The van der Waals surface area contributed by atoms with Crippen molar-refractivity contribution in [3.63, 3.8) is 0 Å². The lowest BCUT2D eigenvalue weighted by Crippen LogP contribution is -2.15. The molecule has 1 N–H and O–H groups in total. The van der Waals surface area contributed by atoms with Gasteiger partial charge in [0.1, 0.15) is 0 Å². The predicted octanol–water partition coefficient (Wildman–Crippen LogP) is 4.02. The maximum absolute atomic E-state index is 12.7. The third-order valence-corrected chi connectivity index (χ3v) is 3.39. The maximum Gasteiger partial charge on any atom is 0.416 e. The van der Waals surface area contributed by atoms with E-state index in [2.05, 4.69) is 15.4 Å². The van der Waals surface area contributed by atoms with Crippen LogP contribution in [-0.4, -0.2) is 15.8 Å². The van der Waals surface area contributed by atoms with Crippen molar-refractivity contribution < 1.29 is 18.0 Å². The van der Waals surface area contributed by atoms with Gasteiger partial charge >= 0.3 is 12.2 Å². The molecule has 0 bridgehead atoms. The van der Waals surface area contributed by atoms with Crippen molar-refractivity contribution in [3.05, 3.63) is 84.0 Å². The molecule has 1 heterocycles. The smallest absolute Gasteiger partial charge is 0.306 e. The summed E-state index contributed by atoms with van der Waals surface area (Å²) in [5.74, 6) is 0. The molecule has 0 aliphatic carbocycles. The zero-order chi connectivity index (χ0) is 18.6. The van der Waals surface area contributed by atoms with Crippen LogP contribution in [0.25, 0.3) is 5.69 Å². The monoisotopic (exact) mass is 358 g/mol. The number of halogens is 3. The summed E-state index contributed by atoms with van der Waals surface area (Å²) in [7, 11) is 0. The van der Waals surface area contributed by atoms with Crippen LogP contribution in [0.2, 0.25) is 0 Å².